The molecule has 0 aliphatic heterocycles. The van der Waals surface area contributed by atoms with Gasteiger partial charge in [-0.2, -0.15) is 0 Å². The molecule has 2 rings (SSSR count). The topological polar surface area (TPSA) is 0 Å². The molecule has 2 saturated carbocycles. The zero-order valence-electron chi connectivity index (χ0n) is 9.68. The van der Waals surface area contributed by atoms with Crippen LogP contribution in [0.1, 0.15) is 57.8 Å². The van der Waals surface area contributed by atoms with Crippen molar-refractivity contribution in [3.8, 4) is 0 Å². The summed E-state index contributed by atoms with van der Waals surface area (Å²) in [7, 11) is 0. The van der Waals surface area contributed by atoms with Gasteiger partial charge in [0.05, 0.1) is 0 Å². The van der Waals surface area contributed by atoms with Crippen molar-refractivity contribution in [3.05, 3.63) is 11.6 Å². The molecule has 0 spiro atoms. The number of hydrogen-bond donors (Lipinski definition) is 0. The van der Waals surface area contributed by atoms with Crippen molar-refractivity contribution >= 4 is 15.9 Å². The molecule has 0 aromatic carbocycles. The molecule has 0 radical (unpaired) electrons. The number of rotatable bonds is 3. The molecule has 86 valence electrons. The highest BCUT2D eigenvalue weighted by atomic mass is 79.9. The standard InChI is InChI=1S/C14H23Br/c15-11-14(10-12-6-4-5-7-12)13-8-2-1-3-9-13/h10,12-13H,1-9,11H2. The molecule has 0 aromatic rings. The van der Waals surface area contributed by atoms with Gasteiger partial charge in [-0.15, -0.1) is 0 Å². The zero-order chi connectivity index (χ0) is 10.5. The van der Waals surface area contributed by atoms with Gasteiger partial charge in [0.1, 0.15) is 0 Å². The summed E-state index contributed by atoms with van der Waals surface area (Å²) < 4.78 is 0. The smallest absolute Gasteiger partial charge is 0.0244 e. The Hall–Kier alpha value is 0.220. The van der Waals surface area contributed by atoms with Crippen LogP contribution in [0.5, 0.6) is 0 Å². The lowest BCUT2D eigenvalue weighted by Gasteiger charge is -2.24. The quantitative estimate of drug-likeness (QED) is 0.496. The minimum absolute atomic E-state index is 0.915. The molecular formula is C14H23Br. The van der Waals surface area contributed by atoms with Gasteiger partial charge < -0.3 is 0 Å². The van der Waals surface area contributed by atoms with Gasteiger partial charge in [0.2, 0.25) is 0 Å². The van der Waals surface area contributed by atoms with Gasteiger partial charge in [-0.05, 0) is 37.5 Å². The van der Waals surface area contributed by atoms with Crippen molar-refractivity contribution < 1.29 is 0 Å². The predicted octanol–water partition coefficient (Wildman–Crippen LogP) is 5.08. The van der Waals surface area contributed by atoms with E-state index in [1.165, 1.54) is 57.8 Å². The summed E-state index contributed by atoms with van der Waals surface area (Å²) >= 11 is 3.69. The van der Waals surface area contributed by atoms with Crippen LogP contribution >= 0.6 is 15.9 Å². The summed E-state index contributed by atoms with van der Waals surface area (Å²) in [5.41, 5.74) is 1.72. The Morgan fingerprint density at radius 2 is 1.53 bits per heavy atom. The molecule has 0 atom stereocenters. The van der Waals surface area contributed by atoms with Crippen molar-refractivity contribution in [3.63, 3.8) is 0 Å². The van der Waals surface area contributed by atoms with Crippen molar-refractivity contribution in [2.24, 2.45) is 11.8 Å². The van der Waals surface area contributed by atoms with Crippen LogP contribution in [-0.4, -0.2) is 5.33 Å². The third-order valence-corrected chi connectivity index (χ3v) is 4.78. The molecule has 0 unspecified atom stereocenters. The van der Waals surface area contributed by atoms with Crippen molar-refractivity contribution in [1.82, 2.24) is 0 Å². The van der Waals surface area contributed by atoms with Gasteiger partial charge in [-0.25, -0.2) is 0 Å². The van der Waals surface area contributed by atoms with Gasteiger partial charge in [0.25, 0.3) is 0 Å². The van der Waals surface area contributed by atoms with Crippen LogP contribution in [-0.2, 0) is 0 Å². The van der Waals surface area contributed by atoms with Gasteiger partial charge in [-0.1, -0.05) is 59.7 Å². The molecule has 0 nitrogen and oxygen atoms in total. The number of alkyl halides is 1. The molecule has 0 aromatic heterocycles. The first-order valence-electron chi connectivity index (χ1n) is 6.66. The second kappa shape index (κ2) is 6.08. The van der Waals surface area contributed by atoms with Gasteiger partial charge in [0, 0.05) is 5.33 Å². The molecule has 2 fully saturated rings. The van der Waals surface area contributed by atoms with E-state index in [4.69, 9.17) is 0 Å². The van der Waals surface area contributed by atoms with Crippen LogP contribution in [0.25, 0.3) is 0 Å². The van der Waals surface area contributed by atoms with Crippen LogP contribution in [0.2, 0.25) is 0 Å². The molecule has 2 aliphatic carbocycles. The Morgan fingerprint density at radius 3 is 2.13 bits per heavy atom. The average molecular weight is 271 g/mol. The Kier molecular flexibility index (Phi) is 4.74. The first-order valence-corrected chi connectivity index (χ1v) is 7.79. The summed E-state index contributed by atoms with van der Waals surface area (Å²) in [6, 6.07) is 0. The van der Waals surface area contributed by atoms with E-state index in [-0.39, 0.29) is 0 Å². The zero-order valence-corrected chi connectivity index (χ0v) is 11.3. The number of allylic oxidation sites excluding steroid dienone is 2. The average Bonchev–Trinajstić information content (AvgIpc) is 2.80. The van der Waals surface area contributed by atoms with E-state index in [9.17, 15) is 0 Å². The van der Waals surface area contributed by atoms with Crippen LogP contribution < -0.4 is 0 Å². The fourth-order valence-electron chi connectivity index (χ4n) is 3.19. The molecule has 1 heteroatoms. The molecule has 0 bridgehead atoms. The first kappa shape index (κ1) is 11.7. The van der Waals surface area contributed by atoms with Crippen LogP contribution in [0.15, 0.2) is 11.6 Å². The van der Waals surface area contributed by atoms with Crippen molar-refractivity contribution in [2.75, 3.05) is 5.33 Å². The Labute approximate surface area is 103 Å². The van der Waals surface area contributed by atoms with Gasteiger partial charge in [0.15, 0.2) is 0 Å². The molecular weight excluding hydrogens is 248 g/mol. The minimum Gasteiger partial charge on any atom is -0.0880 e. The van der Waals surface area contributed by atoms with E-state index in [1.807, 2.05) is 0 Å². The molecule has 0 N–H and O–H groups in total. The van der Waals surface area contributed by atoms with Crippen LogP contribution in [0.3, 0.4) is 0 Å². The molecule has 15 heavy (non-hydrogen) atoms. The summed E-state index contributed by atoms with van der Waals surface area (Å²) in [6.07, 6.45) is 15.7. The first-order chi connectivity index (χ1) is 7.40. The highest BCUT2D eigenvalue weighted by Gasteiger charge is 2.19. The Bertz CT molecular complexity index is 207. The van der Waals surface area contributed by atoms with E-state index >= 15 is 0 Å². The third kappa shape index (κ3) is 3.34. The highest BCUT2D eigenvalue weighted by molar-refractivity contribution is 9.09. The van der Waals surface area contributed by atoms with Crippen molar-refractivity contribution in [2.45, 2.75) is 57.8 Å². The minimum atomic E-state index is 0.915. The molecule has 0 saturated heterocycles. The van der Waals surface area contributed by atoms with E-state index in [0.717, 1.165) is 17.2 Å². The molecule has 0 amide bonds. The maximum atomic E-state index is 3.69. The summed E-state index contributed by atoms with van der Waals surface area (Å²) in [5, 5.41) is 1.12. The summed E-state index contributed by atoms with van der Waals surface area (Å²) in [5.74, 6) is 1.83. The lowest BCUT2D eigenvalue weighted by molar-refractivity contribution is 0.401. The number of halogens is 1. The van der Waals surface area contributed by atoms with E-state index < -0.39 is 0 Å². The largest absolute Gasteiger partial charge is 0.0880 e. The maximum absolute atomic E-state index is 3.69. The normalized spacial score (nSPS) is 26.1. The fourth-order valence-corrected chi connectivity index (χ4v) is 3.83. The number of hydrogen-bond acceptors (Lipinski definition) is 0. The fraction of sp³-hybridized carbons (Fsp3) is 0.857. The Balaban J connectivity index is 1.94. The summed E-state index contributed by atoms with van der Waals surface area (Å²) in [4.78, 5) is 0. The predicted molar refractivity (Wildman–Crippen MR) is 70.4 cm³/mol. The van der Waals surface area contributed by atoms with E-state index in [0.29, 0.717) is 0 Å². The monoisotopic (exact) mass is 270 g/mol. The molecule has 0 heterocycles. The maximum Gasteiger partial charge on any atom is 0.0244 e. The SMILES string of the molecule is BrCC(=CC1CCCC1)C1CCCCC1. The lowest BCUT2D eigenvalue weighted by Crippen LogP contribution is -2.11. The molecule has 2 aliphatic rings. The second-order valence-corrected chi connectivity index (χ2v) is 5.82. The lowest BCUT2D eigenvalue weighted by atomic mass is 9.83. The van der Waals surface area contributed by atoms with Gasteiger partial charge >= 0.3 is 0 Å². The van der Waals surface area contributed by atoms with Crippen molar-refractivity contribution in [1.29, 1.82) is 0 Å². The van der Waals surface area contributed by atoms with E-state index in [2.05, 4.69) is 22.0 Å². The van der Waals surface area contributed by atoms with Crippen LogP contribution in [0.4, 0.5) is 0 Å². The van der Waals surface area contributed by atoms with E-state index in [1.54, 1.807) is 5.57 Å². The van der Waals surface area contributed by atoms with Gasteiger partial charge in [-0.3, -0.25) is 0 Å². The second-order valence-electron chi connectivity index (χ2n) is 5.25. The Morgan fingerprint density at radius 1 is 0.933 bits per heavy atom. The third-order valence-electron chi connectivity index (χ3n) is 4.13. The summed E-state index contributed by atoms with van der Waals surface area (Å²) in [6.45, 7) is 0. The highest BCUT2D eigenvalue weighted by Crippen LogP contribution is 2.34. The van der Waals surface area contributed by atoms with Crippen LogP contribution in [0, 0.1) is 11.8 Å².